The van der Waals surface area contributed by atoms with Crippen LogP contribution in [0.4, 0.5) is 0 Å². The maximum absolute atomic E-state index is 2.53. The van der Waals surface area contributed by atoms with Gasteiger partial charge in [-0.2, -0.15) is 0 Å². The second kappa shape index (κ2) is 2.98. The zero-order valence-corrected chi connectivity index (χ0v) is 7.48. The predicted octanol–water partition coefficient (Wildman–Crippen LogP) is 3.27. The summed E-state index contributed by atoms with van der Waals surface area (Å²) in [6.07, 6.45) is 5.79. The summed E-state index contributed by atoms with van der Waals surface area (Å²) in [6.45, 7) is 6.89. The Morgan fingerprint density at radius 2 is 1.60 bits per heavy atom. The highest BCUT2D eigenvalue weighted by Gasteiger charge is 2.22. The fourth-order valence-electron chi connectivity index (χ4n) is 1.83. The van der Waals surface area contributed by atoms with Gasteiger partial charge in [-0.3, -0.25) is 0 Å². The van der Waals surface area contributed by atoms with Crippen LogP contribution in [0.15, 0.2) is 0 Å². The van der Waals surface area contributed by atoms with E-state index in [9.17, 15) is 0 Å². The van der Waals surface area contributed by atoms with Crippen molar-refractivity contribution in [1.29, 1.82) is 0 Å². The molecular formula is C9H18B. The van der Waals surface area contributed by atoms with Crippen molar-refractivity contribution in [2.45, 2.75) is 57.6 Å². The lowest BCUT2D eigenvalue weighted by Gasteiger charge is -2.20. The Hall–Kier alpha value is 0.0649. The summed E-state index contributed by atoms with van der Waals surface area (Å²) in [7, 11) is 2.53. The predicted molar refractivity (Wildman–Crippen MR) is 47.7 cm³/mol. The Morgan fingerprint density at radius 1 is 1.10 bits per heavy atom. The molecule has 0 aromatic rings. The van der Waals surface area contributed by atoms with E-state index in [0.29, 0.717) is 5.31 Å². The molecule has 1 rings (SSSR count). The van der Waals surface area contributed by atoms with Gasteiger partial charge in [0.15, 0.2) is 0 Å². The summed E-state index contributed by atoms with van der Waals surface area (Å²) in [4.78, 5) is 0. The fourth-order valence-corrected chi connectivity index (χ4v) is 1.83. The van der Waals surface area contributed by atoms with Crippen LogP contribution in [0.3, 0.4) is 0 Å². The van der Waals surface area contributed by atoms with E-state index in [0.717, 1.165) is 5.82 Å². The first-order chi connectivity index (χ1) is 4.58. The molecule has 57 valence electrons. The maximum Gasteiger partial charge on any atom is 0.120 e. The van der Waals surface area contributed by atoms with Gasteiger partial charge in [0, 0.05) is 0 Å². The van der Waals surface area contributed by atoms with E-state index in [2.05, 4.69) is 28.1 Å². The molecule has 1 aliphatic rings. The van der Waals surface area contributed by atoms with E-state index >= 15 is 0 Å². The molecule has 0 unspecified atom stereocenters. The van der Waals surface area contributed by atoms with Gasteiger partial charge in [0.05, 0.1) is 0 Å². The van der Waals surface area contributed by atoms with Crippen LogP contribution in [-0.2, 0) is 0 Å². The fraction of sp³-hybridized carbons (Fsp3) is 1.00. The molecule has 1 aliphatic carbocycles. The van der Waals surface area contributed by atoms with Gasteiger partial charge < -0.3 is 0 Å². The minimum absolute atomic E-state index is 0.439. The molecule has 1 saturated carbocycles. The normalized spacial score (nSPS) is 21.5. The van der Waals surface area contributed by atoms with Crippen LogP contribution in [0.1, 0.15) is 46.5 Å². The van der Waals surface area contributed by atoms with Crippen molar-refractivity contribution in [2.24, 2.45) is 0 Å². The van der Waals surface area contributed by atoms with E-state index in [-0.39, 0.29) is 0 Å². The van der Waals surface area contributed by atoms with Gasteiger partial charge in [0.1, 0.15) is 7.28 Å². The molecule has 0 nitrogen and oxygen atoms in total. The zero-order chi connectivity index (χ0) is 7.61. The number of hydrogen-bond acceptors (Lipinski definition) is 0. The summed E-state index contributed by atoms with van der Waals surface area (Å²) in [6, 6.07) is 0. The molecule has 0 amide bonds. The lowest BCUT2D eigenvalue weighted by Crippen LogP contribution is -2.12. The van der Waals surface area contributed by atoms with Crippen molar-refractivity contribution in [3.63, 3.8) is 0 Å². The van der Waals surface area contributed by atoms with Crippen molar-refractivity contribution in [3.05, 3.63) is 0 Å². The van der Waals surface area contributed by atoms with Crippen LogP contribution in [0.2, 0.25) is 11.1 Å². The summed E-state index contributed by atoms with van der Waals surface area (Å²) in [5.41, 5.74) is 0. The third-order valence-corrected chi connectivity index (χ3v) is 2.14. The molecule has 10 heavy (non-hydrogen) atoms. The minimum Gasteiger partial charge on any atom is -0.0682 e. The van der Waals surface area contributed by atoms with E-state index < -0.39 is 0 Å². The maximum atomic E-state index is 2.53. The number of hydrogen-bond donors (Lipinski definition) is 0. The zero-order valence-electron chi connectivity index (χ0n) is 7.48. The molecule has 1 radical (unpaired) electrons. The largest absolute Gasteiger partial charge is 0.120 e. The van der Waals surface area contributed by atoms with Gasteiger partial charge >= 0.3 is 0 Å². The second-order valence-corrected chi connectivity index (χ2v) is 4.58. The molecule has 0 aliphatic heterocycles. The van der Waals surface area contributed by atoms with Crippen molar-refractivity contribution in [3.8, 4) is 0 Å². The Bertz CT molecular complexity index is 95.8. The van der Waals surface area contributed by atoms with Crippen molar-refractivity contribution < 1.29 is 0 Å². The highest BCUT2D eigenvalue weighted by atomic mass is 14.1. The average molecular weight is 137 g/mol. The molecule has 0 atom stereocenters. The topological polar surface area (TPSA) is 0 Å². The highest BCUT2D eigenvalue weighted by Crippen LogP contribution is 2.36. The Labute approximate surface area is 65.6 Å². The van der Waals surface area contributed by atoms with Crippen molar-refractivity contribution in [2.75, 3.05) is 0 Å². The quantitative estimate of drug-likeness (QED) is 0.486. The molecule has 0 spiro atoms. The third-order valence-electron chi connectivity index (χ3n) is 2.14. The van der Waals surface area contributed by atoms with Crippen LogP contribution in [-0.4, -0.2) is 7.28 Å². The van der Waals surface area contributed by atoms with Gasteiger partial charge in [-0.1, -0.05) is 57.6 Å². The molecule has 1 heteroatoms. The second-order valence-electron chi connectivity index (χ2n) is 4.58. The molecule has 0 heterocycles. The monoisotopic (exact) mass is 137 g/mol. The van der Waals surface area contributed by atoms with Gasteiger partial charge in [-0.15, -0.1) is 0 Å². The molecule has 0 bridgehead atoms. The summed E-state index contributed by atoms with van der Waals surface area (Å²) in [5, 5.41) is 0.439. The first-order valence-corrected chi connectivity index (χ1v) is 4.44. The Balaban J connectivity index is 2.24. The minimum atomic E-state index is 0.439. The van der Waals surface area contributed by atoms with Crippen molar-refractivity contribution in [1.82, 2.24) is 0 Å². The summed E-state index contributed by atoms with van der Waals surface area (Å²) in [5.74, 6) is 0.931. The van der Waals surface area contributed by atoms with E-state index in [4.69, 9.17) is 0 Å². The third kappa shape index (κ3) is 2.77. The van der Waals surface area contributed by atoms with Gasteiger partial charge in [-0.05, 0) is 0 Å². The Morgan fingerprint density at radius 3 is 2.00 bits per heavy atom. The first kappa shape index (κ1) is 8.16. The van der Waals surface area contributed by atoms with E-state index in [1.807, 2.05) is 0 Å². The van der Waals surface area contributed by atoms with Gasteiger partial charge in [0.25, 0.3) is 0 Å². The van der Waals surface area contributed by atoms with Crippen LogP contribution in [0.25, 0.3) is 0 Å². The molecule has 0 aromatic heterocycles. The molecule has 0 aromatic carbocycles. The van der Waals surface area contributed by atoms with Crippen LogP contribution in [0.5, 0.6) is 0 Å². The number of rotatable bonds is 1. The van der Waals surface area contributed by atoms with Gasteiger partial charge in [-0.25, -0.2) is 0 Å². The first-order valence-electron chi connectivity index (χ1n) is 4.44. The SMILES string of the molecule is CC(C)(C)[B]C1CCCC1. The molecule has 1 fully saturated rings. The molecular weight excluding hydrogens is 119 g/mol. The average Bonchev–Trinajstić information content (AvgIpc) is 2.12. The lowest BCUT2D eigenvalue weighted by molar-refractivity contribution is 0.716. The Kier molecular flexibility index (Phi) is 2.43. The standard InChI is InChI=1S/C9H18B/c1-9(2,3)10-8-6-4-5-7-8/h8H,4-7H2,1-3H3. The van der Waals surface area contributed by atoms with Crippen LogP contribution < -0.4 is 0 Å². The highest BCUT2D eigenvalue weighted by molar-refractivity contribution is 6.41. The van der Waals surface area contributed by atoms with Gasteiger partial charge in [0.2, 0.25) is 0 Å². The lowest BCUT2D eigenvalue weighted by atomic mass is 9.47. The molecule has 0 saturated heterocycles. The van der Waals surface area contributed by atoms with E-state index in [1.54, 1.807) is 0 Å². The van der Waals surface area contributed by atoms with Crippen LogP contribution in [0, 0.1) is 0 Å². The van der Waals surface area contributed by atoms with Crippen LogP contribution >= 0.6 is 0 Å². The summed E-state index contributed by atoms with van der Waals surface area (Å²) >= 11 is 0. The molecule has 0 N–H and O–H groups in total. The smallest absolute Gasteiger partial charge is 0.0682 e. The van der Waals surface area contributed by atoms with Crippen molar-refractivity contribution >= 4 is 7.28 Å². The summed E-state index contributed by atoms with van der Waals surface area (Å²) < 4.78 is 0. The van der Waals surface area contributed by atoms with E-state index in [1.165, 1.54) is 25.7 Å².